The van der Waals surface area contributed by atoms with E-state index in [1.165, 1.54) is 25.0 Å². The Kier molecular flexibility index (Phi) is 4.76. The van der Waals surface area contributed by atoms with E-state index in [2.05, 4.69) is 40.1 Å². The van der Waals surface area contributed by atoms with Crippen molar-refractivity contribution in [1.29, 1.82) is 0 Å². The van der Waals surface area contributed by atoms with Crippen molar-refractivity contribution in [3.8, 4) is 0 Å². The molecule has 1 N–H and O–H groups in total. The van der Waals surface area contributed by atoms with Crippen LogP contribution in [0.15, 0.2) is 22.7 Å². The second-order valence-corrected chi connectivity index (χ2v) is 5.99. The van der Waals surface area contributed by atoms with Gasteiger partial charge in [-0.05, 0) is 57.6 Å². The number of rotatable bonds is 3. The van der Waals surface area contributed by atoms with Crippen LogP contribution < -0.4 is 5.32 Å². The molecule has 1 atom stereocenters. The largest absolute Gasteiger partial charge is 0.307 e. The molecule has 0 aliphatic carbocycles. The molecule has 1 fully saturated rings. The van der Waals surface area contributed by atoms with Crippen LogP contribution in [0.4, 0.5) is 4.39 Å². The maximum absolute atomic E-state index is 13.1. The van der Waals surface area contributed by atoms with E-state index < -0.39 is 0 Å². The molecule has 0 spiro atoms. The number of hydrogen-bond acceptors (Lipinski definition) is 2. The Hall–Kier alpha value is -0.450. The number of likely N-dealkylation sites (tertiary alicyclic amines) is 1. The number of piperidine rings is 1. The average molecular weight is 315 g/mol. The van der Waals surface area contributed by atoms with E-state index in [0.717, 1.165) is 23.1 Å². The van der Waals surface area contributed by atoms with Crippen molar-refractivity contribution in [3.05, 3.63) is 34.1 Å². The maximum atomic E-state index is 13.1. The highest BCUT2D eigenvalue weighted by Crippen LogP contribution is 2.25. The number of halogens is 2. The first-order chi connectivity index (χ1) is 8.56. The number of hydrogen-bond donors (Lipinski definition) is 1. The van der Waals surface area contributed by atoms with Gasteiger partial charge in [0.25, 0.3) is 0 Å². The van der Waals surface area contributed by atoms with Crippen molar-refractivity contribution in [3.63, 3.8) is 0 Å². The molecule has 1 saturated heterocycles. The Bertz CT molecular complexity index is 403. The van der Waals surface area contributed by atoms with Crippen LogP contribution in [-0.2, 0) is 0 Å². The van der Waals surface area contributed by atoms with Crippen LogP contribution in [-0.4, -0.2) is 31.1 Å². The van der Waals surface area contributed by atoms with E-state index in [4.69, 9.17) is 0 Å². The zero-order valence-electron chi connectivity index (χ0n) is 10.9. The predicted molar refractivity (Wildman–Crippen MR) is 76.2 cm³/mol. The van der Waals surface area contributed by atoms with E-state index in [1.54, 1.807) is 0 Å². The molecule has 1 heterocycles. The summed E-state index contributed by atoms with van der Waals surface area (Å²) in [5, 5.41) is 3.64. The molecule has 1 aliphatic heterocycles. The summed E-state index contributed by atoms with van der Waals surface area (Å²) in [5.41, 5.74) is 1.12. The summed E-state index contributed by atoms with van der Waals surface area (Å²) in [6.07, 6.45) is 2.36. The fraction of sp³-hybridized carbons (Fsp3) is 0.571. The zero-order chi connectivity index (χ0) is 13.1. The quantitative estimate of drug-likeness (QED) is 0.920. The van der Waals surface area contributed by atoms with Crippen LogP contribution in [0.2, 0.25) is 0 Å². The first kappa shape index (κ1) is 14.0. The molecule has 100 valence electrons. The van der Waals surface area contributed by atoms with Gasteiger partial charge in [0.05, 0.1) is 0 Å². The third kappa shape index (κ3) is 3.53. The number of nitrogens with zero attached hydrogens (tertiary/aromatic N) is 1. The van der Waals surface area contributed by atoms with Gasteiger partial charge in [-0.1, -0.05) is 22.0 Å². The van der Waals surface area contributed by atoms with Gasteiger partial charge in [0.1, 0.15) is 5.82 Å². The highest BCUT2D eigenvalue weighted by molar-refractivity contribution is 9.10. The van der Waals surface area contributed by atoms with Crippen LogP contribution in [0.5, 0.6) is 0 Å². The molecule has 0 radical (unpaired) electrons. The van der Waals surface area contributed by atoms with Gasteiger partial charge < -0.3 is 10.2 Å². The molecule has 2 rings (SSSR count). The van der Waals surface area contributed by atoms with Gasteiger partial charge >= 0.3 is 0 Å². The van der Waals surface area contributed by atoms with Crippen molar-refractivity contribution in [2.45, 2.75) is 31.8 Å². The Morgan fingerprint density at radius 1 is 1.39 bits per heavy atom. The summed E-state index contributed by atoms with van der Waals surface area (Å²) in [5.74, 6) is -0.197. The van der Waals surface area contributed by atoms with Gasteiger partial charge in [0.15, 0.2) is 0 Å². The lowest BCUT2D eigenvalue weighted by atomic mass is 10.0. The Morgan fingerprint density at radius 3 is 2.67 bits per heavy atom. The number of benzene rings is 1. The number of nitrogens with one attached hydrogen (secondary N) is 1. The first-order valence-electron chi connectivity index (χ1n) is 6.46. The topological polar surface area (TPSA) is 15.3 Å². The molecule has 0 aromatic heterocycles. The van der Waals surface area contributed by atoms with Gasteiger partial charge in [0.2, 0.25) is 0 Å². The SMILES string of the molecule is CC(NC1CCN(C)CC1)c1ccc(F)cc1Br. The van der Waals surface area contributed by atoms with E-state index in [1.807, 2.05) is 6.07 Å². The van der Waals surface area contributed by atoms with Crippen molar-refractivity contribution in [1.82, 2.24) is 10.2 Å². The summed E-state index contributed by atoms with van der Waals surface area (Å²) < 4.78 is 13.9. The van der Waals surface area contributed by atoms with E-state index in [0.29, 0.717) is 6.04 Å². The highest BCUT2D eigenvalue weighted by Gasteiger charge is 2.19. The lowest BCUT2D eigenvalue weighted by Crippen LogP contribution is -2.41. The second-order valence-electron chi connectivity index (χ2n) is 5.13. The normalized spacial score (nSPS) is 20.0. The molecule has 4 heteroatoms. The van der Waals surface area contributed by atoms with E-state index >= 15 is 0 Å². The summed E-state index contributed by atoms with van der Waals surface area (Å²) in [4.78, 5) is 2.36. The van der Waals surface area contributed by atoms with Crippen molar-refractivity contribution < 1.29 is 4.39 Å². The molecule has 1 aliphatic rings. The fourth-order valence-corrected chi connectivity index (χ4v) is 3.17. The Balaban J connectivity index is 1.97. The highest BCUT2D eigenvalue weighted by atomic mass is 79.9. The van der Waals surface area contributed by atoms with Crippen molar-refractivity contribution >= 4 is 15.9 Å². The minimum absolute atomic E-state index is 0.197. The smallest absolute Gasteiger partial charge is 0.124 e. The minimum Gasteiger partial charge on any atom is -0.307 e. The molecule has 0 bridgehead atoms. The zero-order valence-corrected chi connectivity index (χ0v) is 12.5. The van der Waals surface area contributed by atoms with Gasteiger partial charge in [0, 0.05) is 16.6 Å². The van der Waals surface area contributed by atoms with Crippen LogP contribution >= 0.6 is 15.9 Å². The molecule has 1 unspecified atom stereocenters. The average Bonchev–Trinajstić information content (AvgIpc) is 2.32. The molecule has 0 saturated carbocycles. The van der Waals surface area contributed by atoms with Crippen LogP contribution in [0, 0.1) is 5.82 Å². The molecular weight excluding hydrogens is 295 g/mol. The molecular formula is C14H20BrFN2. The first-order valence-corrected chi connectivity index (χ1v) is 7.25. The summed E-state index contributed by atoms with van der Waals surface area (Å²) in [7, 11) is 2.16. The molecule has 18 heavy (non-hydrogen) atoms. The lowest BCUT2D eigenvalue weighted by Gasteiger charge is -2.32. The predicted octanol–water partition coefficient (Wildman–Crippen LogP) is 3.33. The van der Waals surface area contributed by atoms with Crippen LogP contribution in [0.3, 0.4) is 0 Å². The Morgan fingerprint density at radius 2 is 2.06 bits per heavy atom. The van der Waals surface area contributed by atoms with Crippen LogP contribution in [0.1, 0.15) is 31.4 Å². The second kappa shape index (κ2) is 6.13. The Labute approximate surface area is 117 Å². The lowest BCUT2D eigenvalue weighted by molar-refractivity contribution is 0.226. The van der Waals surface area contributed by atoms with Gasteiger partial charge in [-0.2, -0.15) is 0 Å². The van der Waals surface area contributed by atoms with E-state index in [9.17, 15) is 4.39 Å². The van der Waals surface area contributed by atoms with Gasteiger partial charge in [-0.3, -0.25) is 0 Å². The molecule has 1 aromatic rings. The molecule has 0 amide bonds. The summed E-state index contributed by atoms with van der Waals surface area (Å²) >= 11 is 3.43. The monoisotopic (exact) mass is 314 g/mol. The van der Waals surface area contributed by atoms with Crippen molar-refractivity contribution in [2.24, 2.45) is 0 Å². The maximum Gasteiger partial charge on any atom is 0.124 e. The summed E-state index contributed by atoms with van der Waals surface area (Å²) in [6, 6.07) is 5.71. The third-order valence-electron chi connectivity index (χ3n) is 3.63. The van der Waals surface area contributed by atoms with Gasteiger partial charge in [-0.25, -0.2) is 4.39 Å². The molecule has 2 nitrogen and oxygen atoms in total. The van der Waals surface area contributed by atoms with Crippen LogP contribution in [0.25, 0.3) is 0 Å². The molecule has 1 aromatic carbocycles. The van der Waals surface area contributed by atoms with Gasteiger partial charge in [-0.15, -0.1) is 0 Å². The van der Waals surface area contributed by atoms with E-state index in [-0.39, 0.29) is 11.9 Å². The standard InChI is InChI=1S/C14H20BrFN2/c1-10(13-4-3-11(16)9-14(13)15)17-12-5-7-18(2)8-6-12/h3-4,9-10,12,17H,5-8H2,1-2H3. The van der Waals surface area contributed by atoms with Crippen molar-refractivity contribution in [2.75, 3.05) is 20.1 Å². The third-order valence-corrected chi connectivity index (χ3v) is 4.32. The minimum atomic E-state index is -0.197. The summed E-state index contributed by atoms with van der Waals surface area (Å²) in [6.45, 7) is 4.43. The fourth-order valence-electron chi connectivity index (χ4n) is 2.47.